The highest BCUT2D eigenvalue weighted by Gasteiger charge is 2.14. The minimum Gasteiger partial charge on any atom is -0.422 e. The van der Waals surface area contributed by atoms with Crippen LogP contribution < -0.4 is 5.63 Å². The first-order chi connectivity index (χ1) is 11.3. The van der Waals surface area contributed by atoms with Crippen molar-refractivity contribution in [1.82, 2.24) is 0 Å². The van der Waals surface area contributed by atoms with Gasteiger partial charge in [0.25, 0.3) is 0 Å². The summed E-state index contributed by atoms with van der Waals surface area (Å²) in [7, 11) is 0. The molecule has 0 radical (unpaired) electrons. The molecule has 0 saturated heterocycles. The lowest BCUT2D eigenvalue weighted by Gasteiger charge is -2.11. The van der Waals surface area contributed by atoms with Crippen LogP contribution in [0.4, 0.5) is 0 Å². The van der Waals surface area contributed by atoms with Crippen LogP contribution in [-0.4, -0.2) is 0 Å². The van der Waals surface area contributed by atoms with Crippen molar-refractivity contribution in [3.05, 3.63) is 83.2 Å². The minimum atomic E-state index is -0.277. The van der Waals surface area contributed by atoms with E-state index in [4.69, 9.17) is 4.42 Å². The topological polar surface area (TPSA) is 30.2 Å². The van der Waals surface area contributed by atoms with Crippen molar-refractivity contribution in [3.63, 3.8) is 0 Å². The van der Waals surface area contributed by atoms with E-state index in [1.807, 2.05) is 54.6 Å². The van der Waals surface area contributed by atoms with Gasteiger partial charge in [-0.05, 0) is 27.6 Å². The molecule has 0 amide bonds. The smallest absolute Gasteiger partial charge is 0.344 e. The molecule has 0 spiro atoms. The molecular formula is C21H12O2. The summed E-state index contributed by atoms with van der Waals surface area (Å²) in [6.07, 6.45) is 0. The SMILES string of the molecule is O=c1oc2ccccc2c2c3ccccc3c3ccccc3c12. The lowest BCUT2D eigenvalue weighted by Crippen LogP contribution is -2.01. The van der Waals surface area contributed by atoms with Crippen LogP contribution in [0, 0.1) is 0 Å². The zero-order valence-corrected chi connectivity index (χ0v) is 12.2. The normalized spacial score (nSPS) is 11.7. The van der Waals surface area contributed by atoms with Crippen LogP contribution in [0.2, 0.25) is 0 Å². The number of para-hydroxylation sites is 1. The third-order valence-electron chi connectivity index (χ3n) is 4.50. The fraction of sp³-hybridized carbons (Fsp3) is 0. The van der Waals surface area contributed by atoms with Crippen molar-refractivity contribution in [2.75, 3.05) is 0 Å². The van der Waals surface area contributed by atoms with E-state index in [9.17, 15) is 4.79 Å². The summed E-state index contributed by atoms with van der Waals surface area (Å²) in [4.78, 5) is 12.7. The van der Waals surface area contributed by atoms with Gasteiger partial charge in [-0.1, -0.05) is 66.7 Å². The molecule has 108 valence electrons. The van der Waals surface area contributed by atoms with Gasteiger partial charge in [-0.3, -0.25) is 0 Å². The Hall–Kier alpha value is -3.13. The number of fused-ring (bicyclic) bond motifs is 8. The maximum Gasteiger partial charge on any atom is 0.344 e. The standard InChI is InChI=1S/C21H12O2/c22-21-20-16-10-4-2-8-14(16)13-7-1-3-9-15(13)19(20)17-11-5-6-12-18(17)23-21/h1-12H. The highest BCUT2D eigenvalue weighted by atomic mass is 16.4. The average molecular weight is 296 g/mol. The average Bonchev–Trinajstić information content (AvgIpc) is 2.61. The van der Waals surface area contributed by atoms with E-state index < -0.39 is 0 Å². The van der Waals surface area contributed by atoms with E-state index in [1.165, 1.54) is 0 Å². The maximum atomic E-state index is 12.7. The zero-order valence-electron chi connectivity index (χ0n) is 12.2. The Balaban J connectivity index is 2.30. The van der Waals surface area contributed by atoms with Gasteiger partial charge in [0.2, 0.25) is 0 Å². The minimum absolute atomic E-state index is 0.277. The number of hydrogen-bond acceptors (Lipinski definition) is 2. The number of hydrogen-bond donors (Lipinski definition) is 0. The lowest BCUT2D eigenvalue weighted by atomic mass is 9.93. The lowest BCUT2D eigenvalue weighted by molar-refractivity contribution is 0.570. The second-order valence-corrected chi connectivity index (χ2v) is 5.73. The Morgan fingerprint density at radius 3 is 1.65 bits per heavy atom. The molecule has 0 aliphatic rings. The molecule has 5 aromatic rings. The molecule has 0 bridgehead atoms. The van der Waals surface area contributed by atoms with Gasteiger partial charge in [0, 0.05) is 10.8 Å². The second-order valence-electron chi connectivity index (χ2n) is 5.73. The van der Waals surface area contributed by atoms with E-state index in [1.54, 1.807) is 0 Å². The van der Waals surface area contributed by atoms with Crippen LogP contribution in [-0.2, 0) is 0 Å². The molecular weight excluding hydrogens is 284 g/mol. The fourth-order valence-corrected chi connectivity index (χ4v) is 3.55. The van der Waals surface area contributed by atoms with Crippen molar-refractivity contribution in [2.24, 2.45) is 0 Å². The molecule has 0 aliphatic heterocycles. The summed E-state index contributed by atoms with van der Waals surface area (Å²) in [6.45, 7) is 0. The quantitative estimate of drug-likeness (QED) is 0.288. The first-order valence-electron chi connectivity index (χ1n) is 7.59. The van der Waals surface area contributed by atoms with Gasteiger partial charge in [0.1, 0.15) is 5.58 Å². The van der Waals surface area contributed by atoms with E-state index in [2.05, 4.69) is 18.2 Å². The Kier molecular flexibility index (Phi) is 2.39. The summed E-state index contributed by atoms with van der Waals surface area (Å²) in [5.74, 6) is 0. The number of benzene rings is 4. The largest absolute Gasteiger partial charge is 0.422 e. The summed E-state index contributed by atoms with van der Waals surface area (Å²) >= 11 is 0. The molecule has 0 saturated carbocycles. The Bertz CT molecular complexity index is 1280. The Morgan fingerprint density at radius 2 is 1.00 bits per heavy atom. The third-order valence-corrected chi connectivity index (χ3v) is 4.50. The van der Waals surface area contributed by atoms with Crippen LogP contribution >= 0.6 is 0 Å². The molecule has 0 fully saturated rings. The van der Waals surface area contributed by atoms with Gasteiger partial charge in [-0.15, -0.1) is 0 Å². The van der Waals surface area contributed by atoms with E-state index in [0.717, 1.165) is 32.3 Å². The predicted octanol–water partition coefficient (Wildman–Crippen LogP) is 5.25. The molecule has 23 heavy (non-hydrogen) atoms. The van der Waals surface area contributed by atoms with Crippen molar-refractivity contribution < 1.29 is 4.42 Å². The van der Waals surface area contributed by atoms with Crippen LogP contribution in [0.5, 0.6) is 0 Å². The molecule has 4 aromatic carbocycles. The molecule has 2 nitrogen and oxygen atoms in total. The molecule has 0 atom stereocenters. The van der Waals surface area contributed by atoms with Crippen LogP contribution in [0.3, 0.4) is 0 Å². The predicted molar refractivity (Wildman–Crippen MR) is 95.0 cm³/mol. The van der Waals surface area contributed by atoms with Gasteiger partial charge in [0.05, 0.1) is 5.39 Å². The van der Waals surface area contributed by atoms with Gasteiger partial charge in [0.15, 0.2) is 0 Å². The second kappa shape index (κ2) is 4.43. The zero-order chi connectivity index (χ0) is 15.4. The highest BCUT2D eigenvalue weighted by Crippen LogP contribution is 2.36. The summed E-state index contributed by atoms with van der Waals surface area (Å²) < 4.78 is 5.58. The molecule has 1 heterocycles. The van der Waals surface area contributed by atoms with Crippen LogP contribution in [0.15, 0.2) is 82.0 Å². The summed E-state index contributed by atoms with van der Waals surface area (Å²) in [6, 6.07) is 24.0. The van der Waals surface area contributed by atoms with Gasteiger partial charge < -0.3 is 4.42 Å². The molecule has 0 aliphatic carbocycles. The first-order valence-corrected chi connectivity index (χ1v) is 7.59. The van der Waals surface area contributed by atoms with Crippen molar-refractivity contribution >= 4 is 43.3 Å². The van der Waals surface area contributed by atoms with Gasteiger partial charge >= 0.3 is 5.63 Å². The Morgan fingerprint density at radius 1 is 0.522 bits per heavy atom. The molecule has 0 unspecified atom stereocenters. The first kappa shape index (κ1) is 12.4. The van der Waals surface area contributed by atoms with Crippen LogP contribution in [0.1, 0.15) is 0 Å². The third kappa shape index (κ3) is 1.60. The van der Waals surface area contributed by atoms with E-state index in [0.29, 0.717) is 11.0 Å². The highest BCUT2D eigenvalue weighted by molar-refractivity contribution is 6.30. The maximum absolute atomic E-state index is 12.7. The van der Waals surface area contributed by atoms with E-state index >= 15 is 0 Å². The Labute approximate surface area is 131 Å². The van der Waals surface area contributed by atoms with E-state index in [-0.39, 0.29) is 5.63 Å². The van der Waals surface area contributed by atoms with Crippen molar-refractivity contribution in [2.45, 2.75) is 0 Å². The van der Waals surface area contributed by atoms with Crippen LogP contribution in [0.25, 0.3) is 43.3 Å². The molecule has 1 aromatic heterocycles. The number of rotatable bonds is 0. The van der Waals surface area contributed by atoms with Crippen molar-refractivity contribution in [3.8, 4) is 0 Å². The molecule has 5 rings (SSSR count). The fourth-order valence-electron chi connectivity index (χ4n) is 3.55. The molecule has 2 heteroatoms. The van der Waals surface area contributed by atoms with Gasteiger partial charge in [-0.25, -0.2) is 4.79 Å². The van der Waals surface area contributed by atoms with Gasteiger partial charge in [-0.2, -0.15) is 0 Å². The monoisotopic (exact) mass is 296 g/mol. The molecule has 0 N–H and O–H groups in total. The summed E-state index contributed by atoms with van der Waals surface area (Å²) in [5.41, 5.74) is 0.353. The summed E-state index contributed by atoms with van der Waals surface area (Å²) in [5, 5.41) is 6.89. The van der Waals surface area contributed by atoms with Crippen molar-refractivity contribution in [1.29, 1.82) is 0 Å².